The number of unbranched alkanes of at least 4 members (excludes halogenated alkanes) is 1. The van der Waals surface area contributed by atoms with Gasteiger partial charge in [-0.15, -0.1) is 0 Å². The maximum Gasteiger partial charge on any atom is 0.139 e. The third-order valence-corrected chi connectivity index (χ3v) is 3.52. The monoisotopic (exact) mass is 269 g/mol. The van der Waals surface area contributed by atoms with Crippen LogP contribution in [0.5, 0.6) is 5.75 Å². The van der Waals surface area contributed by atoms with E-state index in [1.807, 2.05) is 18.2 Å². The number of phenols is 1. The van der Waals surface area contributed by atoms with E-state index >= 15 is 0 Å². The topological polar surface area (TPSA) is 32.3 Å². The van der Waals surface area contributed by atoms with Crippen molar-refractivity contribution in [2.45, 2.75) is 39.5 Å². The molecular weight excluding hydrogens is 246 g/mol. The summed E-state index contributed by atoms with van der Waals surface area (Å²) in [5.74, 6) is 0.305. The molecule has 0 unspecified atom stereocenters. The molecule has 0 radical (unpaired) electrons. The van der Waals surface area contributed by atoms with Crippen LogP contribution in [-0.4, -0.2) is 5.11 Å². The molecule has 0 aliphatic rings. The third-order valence-electron chi connectivity index (χ3n) is 3.52. The zero-order valence-electron chi connectivity index (χ0n) is 12.3. The number of anilines is 2. The van der Waals surface area contributed by atoms with Gasteiger partial charge in [-0.25, -0.2) is 0 Å². The molecule has 20 heavy (non-hydrogen) atoms. The Morgan fingerprint density at radius 2 is 1.65 bits per heavy atom. The highest BCUT2D eigenvalue weighted by atomic mass is 16.3. The molecule has 0 aliphatic carbocycles. The molecule has 0 fully saturated rings. The summed E-state index contributed by atoms with van der Waals surface area (Å²) in [6.07, 6.45) is 4.51. The molecular formula is C18H23NO. The lowest BCUT2D eigenvalue weighted by Gasteiger charge is -2.10. The van der Waals surface area contributed by atoms with Gasteiger partial charge in [-0.2, -0.15) is 0 Å². The lowest BCUT2D eigenvalue weighted by atomic mass is 10.1. The molecule has 0 bridgehead atoms. The van der Waals surface area contributed by atoms with Crippen molar-refractivity contribution in [2.24, 2.45) is 0 Å². The largest absolute Gasteiger partial charge is 0.506 e. The fourth-order valence-corrected chi connectivity index (χ4v) is 2.19. The van der Waals surface area contributed by atoms with Crippen molar-refractivity contribution in [3.8, 4) is 5.75 Å². The Labute approximate surface area is 121 Å². The average molecular weight is 269 g/mol. The molecule has 2 aromatic carbocycles. The fourth-order valence-electron chi connectivity index (χ4n) is 2.19. The minimum Gasteiger partial charge on any atom is -0.506 e. The van der Waals surface area contributed by atoms with Crippen molar-refractivity contribution in [3.05, 3.63) is 53.6 Å². The number of phenolic OH excluding ortho intramolecular Hbond substituents is 1. The number of nitrogens with one attached hydrogen (secondary N) is 1. The summed E-state index contributed by atoms with van der Waals surface area (Å²) in [5, 5.41) is 13.2. The Morgan fingerprint density at radius 1 is 0.950 bits per heavy atom. The molecule has 2 nitrogen and oxygen atoms in total. The normalized spacial score (nSPS) is 10.5. The zero-order chi connectivity index (χ0) is 14.4. The van der Waals surface area contributed by atoms with Crippen LogP contribution in [0, 0.1) is 0 Å². The highest BCUT2D eigenvalue weighted by molar-refractivity contribution is 5.66. The zero-order valence-corrected chi connectivity index (χ0v) is 12.3. The number of rotatable bonds is 6. The van der Waals surface area contributed by atoms with E-state index in [4.69, 9.17) is 0 Å². The second kappa shape index (κ2) is 6.99. The average Bonchev–Trinajstić information content (AvgIpc) is 2.48. The van der Waals surface area contributed by atoms with Gasteiger partial charge in [0, 0.05) is 5.69 Å². The standard InChI is InChI=1S/C18H23NO/c1-3-5-6-15-7-10-16(11-8-15)19-17-12-9-14(4-2)13-18(17)20/h7-13,19-20H,3-6H2,1-2H3. The minimum atomic E-state index is 0.305. The first-order chi connectivity index (χ1) is 9.72. The van der Waals surface area contributed by atoms with E-state index in [1.54, 1.807) is 0 Å². The van der Waals surface area contributed by atoms with Gasteiger partial charge in [0.1, 0.15) is 5.75 Å². The van der Waals surface area contributed by atoms with Gasteiger partial charge in [0.05, 0.1) is 5.69 Å². The SMILES string of the molecule is CCCCc1ccc(Nc2ccc(CC)cc2O)cc1. The molecule has 0 amide bonds. The molecule has 0 spiro atoms. The first-order valence-electron chi connectivity index (χ1n) is 7.40. The Kier molecular flexibility index (Phi) is 5.05. The maximum atomic E-state index is 9.99. The van der Waals surface area contributed by atoms with Gasteiger partial charge in [-0.05, 0) is 54.7 Å². The highest BCUT2D eigenvalue weighted by Gasteiger charge is 2.02. The second-order valence-electron chi connectivity index (χ2n) is 5.13. The van der Waals surface area contributed by atoms with Crippen LogP contribution in [0.15, 0.2) is 42.5 Å². The van der Waals surface area contributed by atoms with Crippen LogP contribution in [0.2, 0.25) is 0 Å². The smallest absolute Gasteiger partial charge is 0.139 e. The molecule has 2 N–H and O–H groups in total. The summed E-state index contributed by atoms with van der Waals surface area (Å²) in [6, 6.07) is 14.2. The van der Waals surface area contributed by atoms with Crippen molar-refractivity contribution >= 4 is 11.4 Å². The quantitative estimate of drug-likeness (QED) is 0.720. The van der Waals surface area contributed by atoms with E-state index in [0.717, 1.165) is 29.8 Å². The molecule has 106 valence electrons. The first kappa shape index (κ1) is 14.4. The van der Waals surface area contributed by atoms with E-state index in [1.165, 1.54) is 18.4 Å². The van der Waals surface area contributed by atoms with Crippen LogP contribution in [-0.2, 0) is 12.8 Å². The summed E-state index contributed by atoms with van der Waals surface area (Å²) in [7, 11) is 0. The summed E-state index contributed by atoms with van der Waals surface area (Å²) in [5.41, 5.74) is 4.26. The van der Waals surface area contributed by atoms with Crippen molar-refractivity contribution in [3.63, 3.8) is 0 Å². The molecule has 2 aromatic rings. The molecule has 0 aliphatic heterocycles. The Hall–Kier alpha value is -1.96. The van der Waals surface area contributed by atoms with Crippen molar-refractivity contribution in [1.82, 2.24) is 0 Å². The summed E-state index contributed by atoms with van der Waals surface area (Å²) >= 11 is 0. The van der Waals surface area contributed by atoms with E-state index in [2.05, 4.69) is 43.4 Å². The van der Waals surface area contributed by atoms with Crippen LogP contribution < -0.4 is 5.32 Å². The number of benzene rings is 2. The molecule has 2 rings (SSSR count). The summed E-state index contributed by atoms with van der Waals surface area (Å²) in [6.45, 7) is 4.29. The van der Waals surface area contributed by atoms with Gasteiger partial charge < -0.3 is 10.4 Å². The molecule has 2 heteroatoms. The van der Waals surface area contributed by atoms with Gasteiger partial charge in [-0.3, -0.25) is 0 Å². The summed E-state index contributed by atoms with van der Waals surface area (Å²) < 4.78 is 0. The van der Waals surface area contributed by atoms with Gasteiger partial charge in [0.25, 0.3) is 0 Å². The lowest BCUT2D eigenvalue weighted by molar-refractivity contribution is 0.477. The minimum absolute atomic E-state index is 0.305. The van der Waals surface area contributed by atoms with Crippen LogP contribution in [0.3, 0.4) is 0 Å². The number of aryl methyl sites for hydroxylation is 2. The lowest BCUT2D eigenvalue weighted by Crippen LogP contribution is -1.92. The van der Waals surface area contributed by atoms with Crippen molar-refractivity contribution in [1.29, 1.82) is 0 Å². The van der Waals surface area contributed by atoms with Gasteiger partial charge in [-0.1, -0.05) is 38.5 Å². The predicted molar refractivity (Wildman–Crippen MR) is 85.8 cm³/mol. The van der Waals surface area contributed by atoms with Gasteiger partial charge >= 0.3 is 0 Å². The molecule has 0 heterocycles. The number of hydrogen-bond acceptors (Lipinski definition) is 2. The predicted octanol–water partition coefficient (Wildman–Crippen LogP) is 5.04. The maximum absolute atomic E-state index is 9.99. The summed E-state index contributed by atoms with van der Waals surface area (Å²) in [4.78, 5) is 0. The first-order valence-corrected chi connectivity index (χ1v) is 7.40. The number of hydrogen-bond donors (Lipinski definition) is 2. The van der Waals surface area contributed by atoms with E-state index in [-0.39, 0.29) is 0 Å². The van der Waals surface area contributed by atoms with Crippen molar-refractivity contribution in [2.75, 3.05) is 5.32 Å². The van der Waals surface area contributed by atoms with Crippen LogP contribution in [0.25, 0.3) is 0 Å². The Bertz CT molecular complexity index is 546. The Morgan fingerprint density at radius 3 is 2.25 bits per heavy atom. The van der Waals surface area contributed by atoms with E-state index in [9.17, 15) is 5.11 Å². The fraction of sp³-hybridized carbons (Fsp3) is 0.333. The molecule has 0 saturated heterocycles. The van der Waals surface area contributed by atoms with E-state index < -0.39 is 0 Å². The van der Waals surface area contributed by atoms with Crippen LogP contribution in [0.1, 0.15) is 37.8 Å². The van der Waals surface area contributed by atoms with Crippen LogP contribution >= 0.6 is 0 Å². The van der Waals surface area contributed by atoms with Crippen LogP contribution in [0.4, 0.5) is 11.4 Å². The van der Waals surface area contributed by atoms with Gasteiger partial charge in [0.15, 0.2) is 0 Å². The second-order valence-corrected chi connectivity index (χ2v) is 5.13. The number of aromatic hydroxyl groups is 1. The highest BCUT2D eigenvalue weighted by Crippen LogP contribution is 2.28. The third kappa shape index (κ3) is 3.77. The molecule has 0 saturated carbocycles. The molecule has 0 atom stereocenters. The van der Waals surface area contributed by atoms with Crippen molar-refractivity contribution < 1.29 is 5.11 Å². The Balaban J connectivity index is 2.06. The van der Waals surface area contributed by atoms with Gasteiger partial charge in [0.2, 0.25) is 0 Å². The molecule has 0 aromatic heterocycles. The van der Waals surface area contributed by atoms with E-state index in [0.29, 0.717) is 5.75 Å².